The van der Waals surface area contributed by atoms with E-state index in [9.17, 15) is 18.0 Å². The number of halogens is 3. The number of fused-ring (bicyclic) bond motifs is 3. The van der Waals surface area contributed by atoms with Gasteiger partial charge in [-0.2, -0.15) is 13.2 Å². The Morgan fingerprint density at radius 3 is 2.52 bits per heavy atom. The molecule has 0 radical (unpaired) electrons. The first-order valence-corrected chi connectivity index (χ1v) is 8.82. The highest BCUT2D eigenvalue weighted by Crippen LogP contribution is 2.36. The maximum absolute atomic E-state index is 13.4. The lowest BCUT2D eigenvalue weighted by atomic mass is 9.98. The van der Waals surface area contributed by atoms with Crippen LogP contribution in [0, 0.1) is 6.92 Å². The number of aromatic nitrogens is 2. The fourth-order valence-corrected chi connectivity index (χ4v) is 3.30. The van der Waals surface area contributed by atoms with Crippen molar-refractivity contribution in [3.8, 4) is 5.69 Å². The summed E-state index contributed by atoms with van der Waals surface area (Å²) in [6.45, 7) is 3.00. The van der Waals surface area contributed by atoms with Gasteiger partial charge in [-0.15, -0.1) is 0 Å². The number of carbonyl (C=O) groups is 1. The summed E-state index contributed by atoms with van der Waals surface area (Å²) in [5, 5.41) is 0. The van der Waals surface area contributed by atoms with Crippen molar-refractivity contribution >= 4 is 11.7 Å². The molecule has 1 aliphatic rings. The van der Waals surface area contributed by atoms with E-state index >= 15 is 0 Å². The summed E-state index contributed by atoms with van der Waals surface area (Å²) in [5.74, 6) is -0.245. The summed E-state index contributed by atoms with van der Waals surface area (Å²) in [6, 6.07) is 12.3. The van der Waals surface area contributed by atoms with Crippen LogP contribution >= 0.6 is 0 Å². The molecule has 0 fully saturated rings. The van der Waals surface area contributed by atoms with Gasteiger partial charge in [0, 0.05) is 24.2 Å². The van der Waals surface area contributed by atoms with Crippen LogP contribution in [0.3, 0.4) is 0 Å². The maximum Gasteiger partial charge on any atom is 0.416 e. The van der Waals surface area contributed by atoms with Crippen LogP contribution in [0.15, 0.2) is 59.7 Å². The van der Waals surface area contributed by atoms with Crippen LogP contribution in [0.2, 0.25) is 0 Å². The molecule has 0 saturated heterocycles. The van der Waals surface area contributed by atoms with Gasteiger partial charge in [0.05, 0.1) is 22.7 Å². The van der Waals surface area contributed by atoms with Crippen molar-refractivity contribution < 1.29 is 22.7 Å². The van der Waals surface area contributed by atoms with Crippen LogP contribution in [-0.2, 0) is 15.7 Å². The van der Waals surface area contributed by atoms with Gasteiger partial charge in [-0.25, -0.2) is 9.98 Å². The molecule has 4 rings (SSSR count). The molecule has 2 heterocycles. The van der Waals surface area contributed by atoms with Gasteiger partial charge in [0.15, 0.2) is 5.82 Å². The Bertz CT molecular complexity index is 1120. The van der Waals surface area contributed by atoms with Crippen molar-refractivity contribution in [1.82, 2.24) is 9.55 Å². The second-order valence-electron chi connectivity index (χ2n) is 6.65. The molecular formula is C21H16F3N3O2. The molecule has 2 aromatic carbocycles. The van der Waals surface area contributed by atoms with E-state index in [-0.39, 0.29) is 5.56 Å². The van der Waals surface area contributed by atoms with E-state index < -0.39 is 23.9 Å². The number of alkyl halides is 3. The van der Waals surface area contributed by atoms with Crippen molar-refractivity contribution in [3.05, 3.63) is 82.9 Å². The van der Waals surface area contributed by atoms with Gasteiger partial charge in [0.2, 0.25) is 0 Å². The number of ether oxygens (including phenoxy) is 1. The van der Waals surface area contributed by atoms with Crippen LogP contribution in [-0.4, -0.2) is 21.2 Å². The van der Waals surface area contributed by atoms with Crippen molar-refractivity contribution in [2.45, 2.75) is 26.3 Å². The predicted molar refractivity (Wildman–Crippen MR) is 99.9 cm³/mol. The third kappa shape index (κ3) is 3.53. The molecule has 3 aromatic rings. The highest BCUT2D eigenvalue weighted by molar-refractivity contribution is 6.15. The van der Waals surface area contributed by atoms with Crippen molar-refractivity contribution in [3.63, 3.8) is 0 Å². The molecule has 5 nitrogen and oxygen atoms in total. The van der Waals surface area contributed by atoms with E-state index in [1.165, 1.54) is 13.0 Å². The Morgan fingerprint density at radius 1 is 1.14 bits per heavy atom. The third-order valence-electron chi connectivity index (χ3n) is 4.48. The second-order valence-corrected chi connectivity index (χ2v) is 6.65. The van der Waals surface area contributed by atoms with Gasteiger partial charge in [0.1, 0.15) is 0 Å². The summed E-state index contributed by atoms with van der Waals surface area (Å²) in [5.41, 5.74) is 1.49. The first-order valence-electron chi connectivity index (χ1n) is 8.82. The largest absolute Gasteiger partial charge is 0.432 e. The lowest BCUT2D eigenvalue weighted by molar-refractivity contribution is -0.146. The van der Waals surface area contributed by atoms with Crippen LogP contribution in [0.25, 0.3) is 5.69 Å². The van der Waals surface area contributed by atoms with Crippen LogP contribution < -0.4 is 0 Å². The highest BCUT2D eigenvalue weighted by Gasteiger charge is 2.34. The van der Waals surface area contributed by atoms with E-state index in [4.69, 9.17) is 4.74 Å². The standard InChI is InChI=1S/C21H16F3N3O2/c1-12-11-27-17-9-8-15(21(22,23)24)10-16(17)18(14-6-4-3-5-7-14)26-20(19(27)25-12)29-13(2)28/h3-11,20H,1-2H3. The van der Waals surface area contributed by atoms with Gasteiger partial charge >= 0.3 is 12.1 Å². The van der Waals surface area contributed by atoms with E-state index in [1.807, 2.05) is 0 Å². The topological polar surface area (TPSA) is 56.5 Å². The molecule has 0 saturated carbocycles. The van der Waals surface area contributed by atoms with E-state index in [0.717, 1.165) is 12.1 Å². The monoisotopic (exact) mass is 399 g/mol. The minimum atomic E-state index is -4.51. The minimum absolute atomic E-state index is 0.277. The summed E-state index contributed by atoms with van der Waals surface area (Å²) < 4.78 is 47.2. The van der Waals surface area contributed by atoms with E-state index in [1.54, 1.807) is 48.0 Å². The fourth-order valence-electron chi connectivity index (χ4n) is 3.30. The Labute approximate surface area is 164 Å². The number of rotatable bonds is 2. The molecule has 0 bridgehead atoms. The molecule has 8 heteroatoms. The fraction of sp³-hybridized carbons (Fsp3) is 0.190. The number of hydrogen-bond donors (Lipinski definition) is 0. The SMILES string of the molecule is CC(=O)OC1N=C(c2ccccc2)c2cc(C(F)(F)F)ccc2-n2cc(C)nc21. The molecule has 148 valence electrons. The van der Waals surface area contributed by atoms with E-state index in [0.29, 0.717) is 28.5 Å². The Hall–Kier alpha value is -3.42. The maximum atomic E-state index is 13.4. The summed E-state index contributed by atoms with van der Waals surface area (Å²) in [7, 11) is 0. The smallest absolute Gasteiger partial charge is 0.416 e. The molecule has 1 atom stereocenters. The van der Waals surface area contributed by atoms with Gasteiger partial charge in [-0.3, -0.25) is 9.36 Å². The number of hydrogen-bond acceptors (Lipinski definition) is 4. The number of nitrogens with zero attached hydrogens (tertiary/aromatic N) is 3. The number of esters is 1. The number of aliphatic imine (C=N–C) groups is 1. The van der Waals surface area contributed by atoms with Crippen LogP contribution in [0.1, 0.15) is 41.4 Å². The van der Waals surface area contributed by atoms with Crippen LogP contribution in [0.4, 0.5) is 13.2 Å². The van der Waals surface area contributed by atoms with Gasteiger partial charge in [0.25, 0.3) is 6.23 Å². The lowest BCUT2D eigenvalue weighted by Gasteiger charge is -2.15. The average Bonchev–Trinajstić information content (AvgIpc) is 3.01. The first-order chi connectivity index (χ1) is 13.7. The summed E-state index contributed by atoms with van der Waals surface area (Å²) >= 11 is 0. The number of imidazole rings is 1. The Morgan fingerprint density at radius 2 is 1.86 bits per heavy atom. The van der Waals surface area contributed by atoms with Gasteiger partial charge in [-0.1, -0.05) is 30.3 Å². The van der Waals surface area contributed by atoms with Crippen LogP contribution in [0.5, 0.6) is 0 Å². The predicted octanol–water partition coefficient (Wildman–Crippen LogP) is 4.61. The minimum Gasteiger partial charge on any atom is -0.432 e. The molecule has 0 N–H and O–H groups in total. The van der Waals surface area contributed by atoms with E-state index in [2.05, 4.69) is 9.98 Å². The van der Waals surface area contributed by atoms with Crippen molar-refractivity contribution in [2.24, 2.45) is 4.99 Å². The average molecular weight is 399 g/mol. The lowest BCUT2D eigenvalue weighted by Crippen LogP contribution is -2.12. The number of aryl methyl sites for hydroxylation is 1. The highest BCUT2D eigenvalue weighted by atomic mass is 19.4. The normalized spacial score (nSPS) is 15.8. The number of benzene rings is 2. The van der Waals surface area contributed by atoms with Gasteiger partial charge in [-0.05, 0) is 25.1 Å². The summed E-state index contributed by atoms with van der Waals surface area (Å²) in [4.78, 5) is 20.6. The van der Waals surface area contributed by atoms with Crippen molar-refractivity contribution in [2.75, 3.05) is 0 Å². The second kappa shape index (κ2) is 6.88. The zero-order valence-electron chi connectivity index (χ0n) is 15.6. The Kier molecular flexibility index (Phi) is 4.49. The molecule has 1 unspecified atom stereocenters. The number of carbonyl (C=O) groups excluding carboxylic acids is 1. The zero-order valence-corrected chi connectivity index (χ0v) is 15.6. The molecule has 29 heavy (non-hydrogen) atoms. The molecule has 1 aromatic heterocycles. The molecular weight excluding hydrogens is 383 g/mol. The summed E-state index contributed by atoms with van der Waals surface area (Å²) in [6.07, 6.45) is -3.91. The quantitative estimate of drug-likeness (QED) is 0.592. The molecule has 1 aliphatic heterocycles. The zero-order chi connectivity index (χ0) is 20.8. The van der Waals surface area contributed by atoms with Gasteiger partial charge < -0.3 is 4.74 Å². The van der Waals surface area contributed by atoms with Crippen molar-refractivity contribution in [1.29, 1.82) is 0 Å². The molecule has 0 spiro atoms. The molecule has 0 aliphatic carbocycles. The molecule has 0 amide bonds. The Balaban J connectivity index is 2.03. The third-order valence-corrected chi connectivity index (χ3v) is 4.48. The first kappa shape index (κ1) is 18.9.